The zero-order valence-corrected chi connectivity index (χ0v) is 11.9. The van der Waals surface area contributed by atoms with Gasteiger partial charge in [-0.05, 0) is 25.5 Å². The van der Waals surface area contributed by atoms with Crippen molar-refractivity contribution in [1.82, 2.24) is 9.78 Å². The number of ether oxygens (including phenoxy) is 1. The Morgan fingerprint density at radius 2 is 2.16 bits per heavy atom. The molecule has 3 rings (SSSR count). The second kappa shape index (κ2) is 4.89. The predicted molar refractivity (Wildman–Crippen MR) is 75.8 cm³/mol. The molecule has 0 bridgehead atoms. The largest absolute Gasteiger partial charge is 0.488 e. The van der Waals surface area contributed by atoms with E-state index in [9.17, 15) is 0 Å². The van der Waals surface area contributed by atoms with Crippen LogP contribution in [-0.4, -0.2) is 15.9 Å². The number of hydrogen-bond acceptors (Lipinski definition) is 2. The van der Waals surface area contributed by atoms with Crippen LogP contribution < -0.4 is 4.74 Å². The molecule has 0 aliphatic carbocycles. The Hall–Kier alpha value is -1.48. The van der Waals surface area contributed by atoms with Crippen molar-refractivity contribution < 1.29 is 4.74 Å². The molecule has 0 saturated heterocycles. The standard InChI is InChI=1S/C15H17ClN2O/c1-10-14(8-16)11(2)18(17-10)9-13-7-12-5-3-4-6-15(12)19-13/h3-6,13H,7-9H2,1-2H3. The van der Waals surface area contributed by atoms with E-state index in [1.165, 1.54) is 5.56 Å². The summed E-state index contributed by atoms with van der Waals surface area (Å²) >= 11 is 5.96. The molecule has 1 atom stereocenters. The molecule has 0 radical (unpaired) electrons. The van der Waals surface area contributed by atoms with Gasteiger partial charge >= 0.3 is 0 Å². The third kappa shape index (κ3) is 2.23. The van der Waals surface area contributed by atoms with Gasteiger partial charge in [-0.3, -0.25) is 4.68 Å². The van der Waals surface area contributed by atoms with Gasteiger partial charge in [-0.2, -0.15) is 5.10 Å². The highest BCUT2D eigenvalue weighted by Crippen LogP contribution is 2.29. The number of fused-ring (bicyclic) bond motifs is 1. The van der Waals surface area contributed by atoms with Crippen molar-refractivity contribution in [3.05, 3.63) is 46.8 Å². The minimum Gasteiger partial charge on any atom is -0.488 e. The number of benzene rings is 1. The summed E-state index contributed by atoms with van der Waals surface area (Å²) in [5, 5.41) is 4.56. The van der Waals surface area contributed by atoms with E-state index in [1.54, 1.807) is 0 Å². The summed E-state index contributed by atoms with van der Waals surface area (Å²) < 4.78 is 7.97. The number of hydrogen-bond donors (Lipinski definition) is 0. The predicted octanol–water partition coefficient (Wildman–Crippen LogP) is 3.24. The fraction of sp³-hybridized carbons (Fsp3) is 0.400. The van der Waals surface area contributed by atoms with Crippen molar-refractivity contribution in [2.45, 2.75) is 38.8 Å². The number of para-hydroxylation sites is 1. The second-order valence-electron chi connectivity index (χ2n) is 5.02. The summed E-state index contributed by atoms with van der Waals surface area (Å²) in [7, 11) is 0. The molecule has 4 heteroatoms. The molecule has 0 fully saturated rings. The van der Waals surface area contributed by atoms with Crippen molar-refractivity contribution in [2.75, 3.05) is 0 Å². The van der Waals surface area contributed by atoms with E-state index in [0.29, 0.717) is 5.88 Å². The lowest BCUT2D eigenvalue weighted by Crippen LogP contribution is -2.22. The van der Waals surface area contributed by atoms with E-state index in [-0.39, 0.29) is 6.10 Å². The Bertz CT molecular complexity index is 581. The van der Waals surface area contributed by atoms with E-state index in [1.807, 2.05) is 23.7 Å². The molecule has 3 nitrogen and oxygen atoms in total. The first-order chi connectivity index (χ1) is 9.19. The molecule has 1 aromatic heterocycles. The summed E-state index contributed by atoms with van der Waals surface area (Å²) in [6.45, 7) is 4.85. The van der Waals surface area contributed by atoms with Crippen LogP contribution >= 0.6 is 11.6 Å². The van der Waals surface area contributed by atoms with Gasteiger partial charge in [-0.15, -0.1) is 11.6 Å². The molecule has 0 spiro atoms. The van der Waals surface area contributed by atoms with E-state index in [0.717, 1.165) is 35.7 Å². The Balaban J connectivity index is 1.78. The summed E-state index contributed by atoms with van der Waals surface area (Å²) in [6, 6.07) is 8.22. The van der Waals surface area contributed by atoms with E-state index in [2.05, 4.69) is 24.2 Å². The van der Waals surface area contributed by atoms with Crippen molar-refractivity contribution in [1.29, 1.82) is 0 Å². The quantitative estimate of drug-likeness (QED) is 0.805. The zero-order chi connectivity index (χ0) is 13.4. The third-order valence-corrected chi connectivity index (χ3v) is 4.02. The van der Waals surface area contributed by atoms with Gasteiger partial charge in [0.05, 0.1) is 18.1 Å². The molecule has 100 valence electrons. The molecule has 0 amide bonds. The van der Waals surface area contributed by atoms with Gasteiger partial charge in [-0.1, -0.05) is 18.2 Å². The number of rotatable bonds is 3. The Morgan fingerprint density at radius 1 is 1.37 bits per heavy atom. The molecule has 2 aromatic rings. The van der Waals surface area contributed by atoms with Gasteiger partial charge in [0.25, 0.3) is 0 Å². The maximum Gasteiger partial charge on any atom is 0.123 e. The van der Waals surface area contributed by atoms with E-state index >= 15 is 0 Å². The number of aryl methyl sites for hydroxylation is 1. The monoisotopic (exact) mass is 276 g/mol. The van der Waals surface area contributed by atoms with Crippen LogP contribution in [-0.2, 0) is 18.8 Å². The van der Waals surface area contributed by atoms with Crippen LogP contribution in [0.4, 0.5) is 0 Å². The minimum absolute atomic E-state index is 0.165. The summed E-state index contributed by atoms with van der Waals surface area (Å²) in [5.41, 5.74) is 4.58. The molecule has 1 aromatic carbocycles. The van der Waals surface area contributed by atoms with Gasteiger partial charge < -0.3 is 4.74 Å². The van der Waals surface area contributed by atoms with Gasteiger partial charge in [0.15, 0.2) is 0 Å². The minimum atomic E-state index is 0.165. The van der Waals surface area contributed by atoms with Crippen molar-refractivity contribution in [3.63, 3.8) is 0 Å². The lowest BCUT2D eigenvalue weighted by Gasteiger charge is -2.12. The Labute approximate surface area is 118 Å². The first-order valence-corrected chi connectivity index (χ1v) is 7.06. The average Bonchev–Trinajstić information content (AvgIpc) is 2.91. The lowest BCUT2D eigenvalue weighted by atomic mass is 10.1. The SMILES string of the molecule is Cc1nn(CC2Cc3ccccc3O2)c(C)c1CCl. The van der Waals surface area contributed by atoms with Crippen LogP contribution in [0.3, 0.4) is 0 Å². The molecule has 1 unspecified atom stereocenters. The van der Waals surface area contributed by atoms with Gasteiger partial charge in [-0.25, -0.2) is 0 Å². The highest BCUT2D eigenvalue weighted by molar-refractivity contribution is 6.17. The molecular weight excluding hydrogens is 260 g/mol. The van der Waals surface area contributed by atoms with Gasteiger partial charge in [0, 0.05) is 17.7 Å². The van der Waals surface area contributed by atoms with Crippen molar-refractivity contribution in [3.8, 4) is 5.75 Å². The highest BCUT2D eigenvalue weighted by Gasteiger charge is 2.24. The van der Waals surface area contributed by atoms with Crippen LogP contribution in [0.5, 0.6) is 5.75 Å². The average molecular weight is 277 g/mol. The van der Waals surface area contributed by atoms with Crippen molar-refractivity contribution in [2.24, 2.45) is 0 Å². The fourth-order valence-corrected chi connectivity index (χ4v) is 3.04. The normalized spacial score (nSPS) is 17.3. The fourth-order valence-electron chi connectivity index (χ4n) is 2.65. The van der Waals surface area contributed by atoms with Gasteiger partial charge in [0.2, 0.25) is 0 Å². The van der Waals surface area contributed by atoms with Crippen LogP contribution in [0.2, 0.25) is 0 Å². The highest BCUT2D eigenvalue weighted by atomic mass is 35.5. The first-order valence-electron chi connectivity index (χ1n) is 6.52. The van der Waals surface area contributed by atoms with E-state index < -0.39 is 0 Å². The van der Waals surface area contributed by atoms with Crippen LogP contribution in [0, 0.1) is 13.8 Å². The zero-order valence-electron chi connectivity index (χ0n) is 11.2. The summed E-state index contributed by atoms with van der Waals surface area (Å²) in [4.78, 5) is 0. The molecular formula is C15H17ClN2O. The molecule has 19 heavy (non-hydrogen) atoms. The van der Waals surface area contributed by atoms with Crippen molar-refractivity contribution >= 4 is 11.6 Å². The smallest absolute Gasteiger partial charge is 0.123 e. The molecule has 1 aliphatic heterocycles. The topological polar surface area (TPSA) is 27.1 Å². The Kier molecular flexibility index (Phi) is 3.23. The molecule has 1 aliphatic rings. The molecule has 2 heterocycles. The van der Waals surface area contributed by atoms with E-state index in [4.69, 9.17) is 16.3 Å². The molecule has 0 N–H and O–H groups in total. The second-order valence-corrected chi connectivity index (χ2v) is 5.28. The van der Waals surface area contributed by atoms with Gasteiger partial charge in [0.1, 0.15) is 11.9 Å². The number of aromatic nitrogens is 2. The Morgan fingerprint density at radius 3 is 2.84 bits per heavy atom. The van der Waals surface area contributed by atoms with Crippen LogP contribution in [0.15, 0.2) is 24.3 Å². The number of alkyl halides is 1. The summed E-state index contributed by atoms with van der Waals surface area (Å²) in [6.07, 6.45) is 1.11. The first kappa shape index (κ1) is 12.5. The maximum atomic E-state index is 5.96. The number of nitrogens with zero attached hydrogens (tertiary/aromatic N) is 2. The maximum absolute atomic E-state index is 5.96. The number of halogens is 1. The lowest BCUT2D eigenvalue weighted by molar-refractivity contribution is 0.202. The third-order valence-electron chi connectivity index (χ3n) is 3.76. The van der Waals surface area contributed by atoms with Crippen LogP contribution in [0.1, 0.15) is 22.5 Å². The molecule has 0 saturated carbocycles. The van der Waals surface area contributed by atoms with Crippen LogP contribution in [0.25, 0.3) is 0 Å². The summed E-state index contributed by atoms with van der Waals surface area (Å²) in [5.74, 6) is 1.52.